The third kappa shape index (κ3) is 6.02. The van der Waals surface area contributed by atoms with Crippen LogP contribution < -0.4 is 0 Å². The van der Waals surface area contributed by atoms with Crippen LogP contribution in [0.15, 0.2) is 18.2 Å². The molecular formula is C26H35ClN2O4. The number of halogens is 1. The summed E-state index contributed by atoms with van der Waals surface area (Å²) in [6.07, 6.45) is 3.78. The highest BCUT2D eigenvalue weighted by Crippen LogP contribution is 2.40. The first kappa shape index (κ1) is 25.4. The van der Waals surface area contributed by atoms with Gasteiger partial charge in [0.15, 0.2) is 0 Å². The molecule has 2 aliphatic rings. The number of piperidine rings is 1. The van der Waals surface area contributed by atoms with Crippen molar-refractivity contribution in [3.8, 4) is 11.8 Å². The Hall–Kier alpha value is -2.23. The normalized spacial score (nSPS) is 18.7. The molecule has 1 N–H and O–H groups in total. The van der Waals surface area contributed by atoms with Crippen LogP contribution in [0.1, 0.15) is 71.4 Å². The molecule has 0 radical (unpaired) electrons. The predicted octanol–water partition coefficient (Wildman–Crippen LogP) is 5.17. The van der Waals surface area contributed by atoms with Gasteiger partial charge in [0.25, 0.3) is 0 Å². The molecule has 33 heavy (non-hydrogen) atoms. The molecule has 0 bridgehead atoms. The summed E-state index contributed by atoms with van der Waals surface area (Å²) in [5.74, 6) is 4.97. The lowest BCUT2D eigenvalue weighted by atomic mass is 9.84. The van der Waals surface area contributed by atoms with Crippen molar-refractivity contribution in [3.05, 3.63) is 34.3 Å². The lowest BCUT2D eigenvalue weighted by Crippen LogP contribution is -2.53. The third-order valence-corrected chi connectivity index (χ3v) is 6.90. The summed E-state index contributed by atoms with van der Waals surface area (Å²) in [5, 5.41) is 9.93. The Labute approximate surface area is 202 Å². The van der Waals surface area contributed by atoms with Crippen LogP contribution in [0.25, 0.3) is 0 Å². The number of carboxylic acid groups (broad SMARTS) is 1. The molecule has 180 valence electrons. The van der Waals surface area contributed by atoms with Gasteiger partial charge in [0.1, 0.15) is 11.0 Å². The second kappa shape index (κ2) is 9.56. The van der Waals surface area contributed by atoms with Crippen LogP contribution in [0.2, 0.25) is 5.02 Å². The first-order valence-electron chi connectivity index (χ1n) is 11.6. The minimum absolute atomic E-state index is 0.0475. The van der Waals surface area contributed by atoms with Crippen LogP contribution in [0, 0.1) is 17.3 Å². The van der Waals surface area contributed by atoms with Crippen molar-refractivity contribution in [2.45, 2.75) is 78.0 Å². The smallest absolute Gasteiger partial charge is 0.410 e. The summed E-state index contributed by atoms with van der Waals surface area (Å²) in [6, 6.07) is 5.73. The van der Waals surface area contributed by atoms with E-state index in [1.807, 2.05) is 37.8 Å². The number of nitrogens with zero attached hydrogens (tertiary/aromatic N) is 2. The van der Waals surface area contributed by atoms with Crippen LogP contribution in [0.3, 0.4) is 0 Å². The van der Waals surface area contributed by atoms with E-state index in [1.165, 1.54) is 0 Å². The van der Waals surface area contributed by atoms with E-state index in [1.54, 1.807) is 19.9 Å². The Kier molecular flexibility index (Phi) is 7.36. The number of aliphatic carboxylic acids is 1. The molecule has 3 rings (SSSR count). The maximum absolute atomic E-state index is 12.5. The van der Waals surface area contributed by atoms with E-state index in [-0.39, 0.29) is 11.6 Å². The molecule has 0 saturated carbocycles. The van der Waals surface area contributed by atoms with Crippen molar-refractivity contribution in [1.82, 2.24) is 9.80 Å². The molecule has 1 aromatic carbocycles. The van der Waals surface area contributed by atoms with E-state index in [4.69, 9.17) is 16.3 Å². The van der Waals surface area contributed by atoms with Crippen LogP contribution in [0.5, 0.6) is 0 Å². The van der Waals surface area contributed by atoms with Gasteiger partial charge in [0.05, 0.1) is 5.02 Å². The molecule has 7 heteroatoms. The monoisotopic (exact) mass is 474 g/mol. The lowest BCUT2D eigenvalue weighted by molar-refractivity contribution is -0.143. The molecule has 2 saturated heterocycles. The van der Waals surface area contributed by atoms with Gasteiger partial charge >= 0.3 is 12.1 Å². The molecule has 0 atom stereocenters. The highest BCUT2D eigenvalue weighted by Gasteiger charge is 2.44. The second-order valence-corrected chi connectivity index (χ2v) is 11.1. The molecule has 2 fully saturated rings. The van der Waals surface area contributed by atoms with Crippen LogP contribution in [-0.2, 0) is 16.1 Å². The fourth-order valence-corrected chi connectivity index (χ4v) is 4.80. The lowest BCUT2D eigenvalue weighted by Gasteiger charge is -2.45. The number of carbonyl (C=O) groups excluding carboxylic acids is 1. The Morgan fingerprint density at radius 2 is 1.79 bits per heavy atom. The molecular weight excluding hydrogens is 440 g/mol. The average molecular weight is 475 g/mol. The summed E-state index contributed by atoms with van der Waals surface area (Å²) in [6.45, 7) is 11.9. The van der Waals surface area contributed by atoms with Gasteiger partial charge in [0, 0.05) is 30.7 Å². The number of ether oxygens (including phenoxy) is 1. The molecule has 6 nitrogen and oxygen atoms in total. The molecule has 0 aromatic heterocycles. The number of hydrogen-bond donors (Lipinski definition) is 1. The first-order valence-corrected chi connectivity index (χ1v) is 12.0. The van der Waals surface area contributed by atoms with E-state index < -0.39 is 17.0 Å². The molecule has 0 aliphatic carbocycles. The zero-order valence-electron chi connectivity index (χ0n) is 20.3. The van der Waals surface area contributed by atoms with Crippen molar-refractivity contribution >= 4 is 23.7 Å². The Morgan fingerprint density at radius 3 is 2.39 bits per heavy atom. The zero-order valence-corrected chi connectivity index (χ0v) is 21.1. The van der Waals surface area contributed by atoms with Crippen molar-refractivity contribution in [2.24, 2.45) is 5.41 Å². The fraction of sp³-hybridized carbons (Fsp3) is 0.615. The fourth-order valence-electron chi connectivity index (χ4n) is 4.56. The van der Waals surface area contributed by atoms with Gasteiger partial charge < -0.3 is 14.7 Å². The van der Waals surface area contributed by atoms with Gasteiger partial charge in [0.2, 0.25) is 0 Å². The topological polar surface area (TPSA) is 70.1 Å². The van der Waals surface area contributed by atoms with Gasteiger partial charge in [-0.1, -0.05) is 35.6 Å². The summed E-state index contributed by atoms with van der Waals surface area (Å²) >= 11 is 6.48. The Balaban J connectivity index is 1.76. The van der Waals surface area contributed by atoms with E-state index in [2.05, 4.69) is 16.7 Å². The molecule has 0 unspecified atom stereocenters. The van der Waals surface area contributed by atoms with Gasteiger partial charge in [-0.15, -0.1) is 0 Å². The van der Waals surface area contributed by atoms with Gasteiger partial charge in [-0.2, -0.15) is 0 Å². The Bertz CT molecular complexity index is 963. The number of likely N-dealkylation sites (tertiary alicyclic amines) is 2. The van der Waals surface area contributed by atoms with Crippen LogP contribution in [0.4, 0.5) is 4.79 Å². The van der Waals surface area contributed by atoms with Gasteiger partial charge in [-0.05, 0) is 78.5 Å². The van der Waals surface area contributed by atoms with E-state index >= 15 is 0 Å². The van der Waals surface area contributed by atoms with Crippen molar-refractivity contribution in [1.29, 1.82) is 0 Å². The second-order valence-electron chi connectivity index (χ2n) is 10.7. The minimum Gasteiger partial charge on any atom is -0.480 e. The first-order chi connectivity index (χ1) is 15.3. The highest BCUT2D eigenvalue weighted by molar-refractivity contribution is 6.31. The number of carboxylic acids is 1. The van der Waals surface area contributed by atoms with E-state index in [9.17, 15) is 14.7 Å². The molecule has 2 aliphatic heterocycles. The predicted molar refractivity (Wildman–Crippen MR) is 129 cm³/mol. The van der Waals surface area contributed by atoms with Crippen molar-refractivity contribution in [3.63, 3.8) is 0 Å². The number of amides is 1. The van der Waals surface area contributed by atoms with Crippen molar-refractivity contribution < 1.29 is 19.4 Å². The third-order valence-electron chi connectivity index (χ3n) is 6.58. The quantitative estimate of drug-likeness (QED) is 0.612. The SMILES string of the molecule is CC(C)(C)OC(=O)N1CCC2(CCCN2Cc2cccc(Cl)c2C#CC(C)(C)C(=O)O)CC1. The molecule has 1 aromatic rings. The molecule has 1 spiro atoms. The zero-order chi connectivity index (χ0) is 24.4. The highest BCUT2D eigenvalue weighted by atomic mass is 35.5. The number of benzene rings is 1. The maximum atomic E-state index is 12.5. The maximum Gasteiger partial charge on any atom is 0.410 e. The summed E-state index contributed by atoms with van der Waals surface area (Å²) in [7, 11) is 0. The van der Waals surface area contributed by atoms with Crippen LogP contribution >= 0.6 is 11.6 Å². The molecule has 1 amide bonds. The molecule has 2 heterocycles. The summed E-state index contributed by atoms with van der Waals surface area (Å²) < 4.78 is 5.55. The Morgan fingerprint density at radius 1 is 1.12 bits per heavy atom. The number of rotatable bonds is 3. The average Bonchev–Trinajstić information content (AvgIpc) is 3.08. The van der Waals surface area contributed by atoms with Crippen molar-refractivity contribution in [2.75, 3.05) is 19.6 Å². The van der Waals surface area contributed by atoms with E-state index in [0.29, 0.717) is 30.2 Å². The minimum atomic E-state index is -1.15. The number of hydrogen-bond acceptors (Lipinski definition) is 4. The van der Waals surface area contributed by atoms with Gasteiger partial charge in [-0.25, -0.2) is 4.79 Å². The van der Waals surface area contributed by atoms with E-state index in [0.717, 1.165) is 37.8 Å². The standard InChI is InChI=1S/C26H35ClN2O4/c1-24(2,3)33-23(32)28-16-13-26(14-17-28)11-7-15-29(26)18-19-8-6-9-21(27)20(19)10-12-25(4,5)22(30)31/h6,8-9H,7,11,13-18H2,1-5H3,(H,30,31). The van der Waals surface area contributed by atoms with Crippen LogP contribution in [-0.4, -0.2) is 57.7 Å². The number of carbonyl (C=O) groups is 2. The summed E-state index contributed by atoms with van der Waals surface area (Å²) in [5.41, 5.74) is 0.102. The largest absolute Gasteiger partial charge is 0.480 e. The van der Waals surface area contributed by atoms with Gasteiger partial charge in [-0.3, -0.25) is 9.69 Å². The summed E-state index contributed by atoms with van der Waals surface area (Å²) in [4.78, 5) is 28.3.